The van der Waals surface area contributed by atoms with Gasteiger partial charge in [-0.1, -0.05) is 12.8 Å². The van der Waals surface area contributed by atoms with Gasteiger partial charge in [0.1, 0.15) is 0 Å². The predicted octanol–water partition coefficient (Wildman–Crippen LogP) is 3.35. The first kappa shape index (κ1) is 14.8. The Bertz CT molecular complexity index is 502. The molecule has 0 radical (unpaired) electrons. The molecule has 4 nitrogen and oxygen atoms in total. The molecule has 0 spiro atoms. The van der Waals surface area contributed by atoms with E-state index in [1.165, 1.54) is 11.4 Å². The van der Waals surface area contributed by atoms with Crippen molar-refractivity contribution < 1.29 is 14.7 Å². The lowest BCUT2D eigenvalue weighted by Crippen LogP contribution is -2.13. The number of aromatic nitrogens is 1. The number of carbonyl (C=O) groups excluding carboxylic acids is 1. The van der Waals surface area contributed by atoms with Gasteiger partial charge in [-0.05, 0) is 38.7 Å². The summed E-state index contributed by atoms with van der Waals surface area (Å²) in [5, 5.41) is 8.58. The van der Waals surface area contributed by atoms with Crippen LogP contribution in [0.3, 0.4) is 0 Å². The summed E-state index contributed by atoms with van der Waals surface area (Å²) in [6, 6.07) is 2.03. The Hall–Kier alpha value is -1.58. The number of aryl methyl sites for hydroxylation is 1. The molecular formula is C16H23NO3. The maximum absolute atomic E-state index is 11.9. The highest BCUT2D eigenvalue weighted by Gasteiger charge is 2.22. The van der Waals surface area contributed by atoms with Crippen LogP contribution in [-0.4, -0.2) is 21.4 Å². The Kier molecular flexibility index (Phi) is 4.99. The molecule has 1 aliphatic carbocycles. The monoisotopic (exact) mass is 277 g/mol. The van der Waals surface area contributed by atoms with Gasteiger partial charge in [-0.2, -0.15) is 0 Å². The Morgan fingerprint density at radius 3 is 2.75 bits per heavy atom. The molecule has 2 rings (SSSR count). The van der Waals surface area contributed by atoms with E-state index < -0.39 is 5.97 Å². The molecule has 1 heterocycles. The van der Waals surface area contributed by atoms with E-state index in [0.29, 0.717) is 6.42 Å². The SMILES string of the molecule is Cc1cc2c(n1CCCCCCC(=O)O)CCCC2=O. The minimum Gasteiger partial charge on any atom is -0.481 e. The summed E-state index contributed by atoms with van der Waals surface area (Å²) in [5.74, 6) is -0.423. The first-order valence-electron chi connectivity index (χ1n) is 7.53. The Morgan fingerprint density at radius 2 is 2.00 bits per heavy atom. The molecule has 1 N–H and O–H groups in total. The minimum absolute atomic E-state index is 0.270. The number of rotatable bonds is 7. The molecule has 0 fully saturated rings. The molecule has 20 heavy (non-hydrogen) atoms. The maximum atomic E-state index is 11.9. The lowest BCUT2D eigenvalue weighted by Gasteiger charge is -2.16. The number of fused-ring (bicyclic) bond motifs is 1. The second-order valence-electron chi connectivity index (χ2n) is 5.63. The fourth-order valence-electron chi connectivity index (χ4n) is 3.00. The molecule has 1 aromatic heterocycles. The van der Waals surface area contributed by atoms with Gasteiger partial charge in [0.15, 0.2) is 5.78 Å². The predicted molar refractivity (Wildman–Crippen MR) is 77.2 cm³/mol. The number of aliphatic carboxylic acids is 1. The number of carbonyl (C=O) groups is 2. The van der Waals surface area contributed by atoms with Crippen LogP contribution in [0.5, 0.6) is 0 Å². The van der Waals surface area contributed by atoms with E-state index in [2.05, 4.69) is 11.5 Å². The van der Waals surface area contributed by atoms with E-state index in [0.717, 1.165) is 50.6 Å². The van der Waals surface area contributed by atoms with Gasteiger partial charge in [0.05, 0.1) is 0 Å². The van der Waals surface area contributed by atoms with Crippen molar-refractivity contribution in [3.63, 3.8) is 0 Å². The summed E-state index contributed by atoms with van der Waals surface area (Å²) in [6.07, 6.45) is 6.76. The van der Waals surface area contributed by atoms with Crippen LogP contribution in [0.15, 0.2) is 6.07 Å². The summed E-state index contributed by atoms with van der Waals surface area (Å²) in [5.41, 5.74) is 3.32. The molecule has 0 saturated carbocycles. The molecule has 1 aliphatic rings. The van der Waals surface area contributed by atoms with Crippen LogP contribution >= 0.6 is 0 Å². The van der Waals surface area contributed by atoms with Gasteiger partial charge >= 0.3 is 5.97 Å². The Labute approximate surface area is 119 Å². The van der Waals surface area contributed by atoms with Crippen molar-refractivity contribution in [3.8, 4) is 0 Å². The van der Waals surface area contributed by atoms with E-state index in [4.69, 9.17) is 5.11 Å². The Balaban J connectivity index is 1.84. The first-order valence-corrected chi connectivity index (χ1v) is 7.53. The topological polar surface area (TPSA) is 59.3 Å². The highest BCUT2D eigenvalue weighted by molar-refractivity contribution is 5.98. The van der Waals surface area contributed by atoms with Crippen LogP contribution in [0.2, 0.25) is 0 Å². The summed E-state index contributed by atoms with van der Waals surface area (Å²) in [7, 11) is 0. The molecule has 0 bridgehead atoms. The van der Waals surface area contributed by atoms with Crippen molar-refractivity contribution in [2.75, 3.05) is 0 Å². The molecule has 1 aromatic rings. The van der Waals surface area contributed by atoms with Crippen molar-refractivity contribution >= 4 is 11.8 Å². The number of hydrogen-bond acceptors (Lipinski definition) is 2. The van der Waals surface area contributed by atoms with Crippen LogP contribution in [-0.2, 0) is 17.8 Å². The largest absolute Gasteiger partial charge is 0.481 e. The van der Waals surface area contributed by atoms with Crippen LogP contribution in [0.4, 0.5) is 0 Å². The molecule has 0 amide bonds. The first-order chi connectivity index (χ1) is 9.59. The number of carboxylic acids is 1. The number of Topliss-reactive ketones (excluding diaryl/α,β-unsaturated/α-hetero) is 1. The molecule has 0 saturated heterocycles. The average molecular weight is 277 g/mol. The normalized spacial score (nSPS) is 14.3. The van der Waals surface area contributed by atoms with Gasteiger partial charge in [-0.3, -0.25) is 9.59 Å². The summed E-state index contributed by atoms with van der Waals surface area (Å²) >= 11 is 0. The lowest BCUT2D eigenvalue weighted by molar-refractivity contribution is -0.137. The van der Waals surface area contributed by atoms with Crippen molar-refractivity contribution in [2.24, 2.45) is 0 Å². The molecule has 0 unspecified atom stereocenters. The van der Waals surface area contributed by atoms with E-state index >= 15 is 0 Å². The van der Waals surface area contributed by atoms with Crippen LogP contribution in [0.25, 0.3) is 0 Å². The van der Waals surface area contributed by atoms with E-state index in [-0.39, 0.29) is 12.2 Å². The molecule has 0 aromatic carbocycles. The number of carboxylic acid groups (broad SMARTS) is 1. The third-order valence-electron chi connectivity index (χ3n) is 4.06. The molecule has 0 atom stereocenters. The van der Waals surface area contributed by atoms with Crippen LogP contribution in [0, 0.1) is 6.92 Å². The number of ketones is 1. The fourth-order valence-corrected chi connectivity index (χ4v) is 3.00. The molecule has 0 aliphatic heterocycles. The number of nitrogens with zero attached hydrogens (tertiary/aromatic N) is 1. The van der Waals surface area contributed by atoms with Crippen molar-refractivity contribution in [1.82, 2.24) is 4.57 Å². The van der Waals surface area contributed by atoms with Gasteiger partial charge in [0.2, 0.25) is 0 Å². The molecule has 110 valence electrons. The third-order valence-corrected chi connectivity index (χ3v) is 4.06. The van der Waals surface area contributed by atoms with Gasteiger partial charge in [0.25, 0.3) is 0 Å². The highest BCUT2D eigenvalue weighted by Crippen LogP contribution is 2.25. The second kappa shape index (κ2) is 6.73. The molecular weight excluding hydrogens is 254 g/mol. The quantitative estimate of drug-likeness (QED) is 0.777. The lowest BCUT2D eigenvalue weighted by atomic mass is 9.96. The van der Waals surface area contributed by atoms with E-state index in [9.17, 15) is 9.59 Å². The third kappa shape index (κ3) is 3.50. The van der Waals surface area contributed by atoms with Gasteiger partial charge in [0, 0.05) is 36.3 Å². The minimum atomic E-state index is -0.709. The smallest absolute Gasteiger partial charge is 0.303 e. The summed E-state index contributed by atoms with van der Waals surface area (Å²) in [6.45, 7) is 3.01. The van der Waals surface area contributed by atoms with Crippen molar-refractivity contribution in [2.45, 2.75) is 64.8 Å². The average Bonchev–Trinajstić information content (AvgIpc) is 2.71. The second-order valence-corrected chi connectivity index (χ2v) is 5.63. The van der Waals surface area contributed by atoms with E-state index in [1.807, 2.05) is 6.07 Å². The maximum Gasteiger partial charge on any atom is 0.303 e. The van der Waals surface area contributed by atoms with Crippen LogP contribution in [0.1, 0.15) is 66.7 Å². The van der Waals surface area contributed by atoms with E-state index in [1.54, 1.807) is 0 Å². The highest BCUT2D eigenvalue weighted by atomic mass is 16.4. The fraction of sp³-hybridized carbons (Fsp3) is 0.625. The zero-order valence-electron chi connectivity index (χ0n) is 12.2. The van der Waals surface area contributed by atoms with Gasteiger partial charge in [-0.15, -0.1) is 0 Å². The summed E-state index contributed by atoms with van der Waals surface area (Å²) < 4.78 is 2.28. The Morgan fingerprint density at radius 1 is 1.25 bits per heavy atom. The molecule has 4 heteroatoms. The zero-order chi connectivity index (χ0) is 14.5. The summed E-state index contributed by atoms with van der Waals surface area (Å²) in [4.78, 5) is 22.3. The van der Waals surface area contributed by atoms with Gasteiger partial charge < -0.3 is 9.67 Å². The number of hydrogen-bond donors (Lipinski definition) is 1. The zero-order valence-corrected chi connectivity index (χ0v) is 12.2. The van der Waals surface area contributed by atoms with Crippen molar-refractivity contribution in [1.29, 1.82) is 0 Å². The van der Waals surface area contributed by atoms with Gasteiger partial charge in [-0.25, -0.2) is 0 Å². The standard InChI is InChI=1S/C16H23NO3/c1-12-11-13-14(7-6-8-15(13)18)17(12)10-5-3-2-4-9-16(19)20/h11H,2-10H2,1H3,(H,19,20). The van der Waals surface area contributed by atoms with Crippen molar-refractivity contribution in [3.05, 3.63) is 23.0 Å². The number of unbranched alkanes of at least 4 members (excludes halogenated alkanes) is 3. The van der Waals surface area contributed by atoms with Crippen LogP contribution < -0.4 is 0 Å².